The number of aromatic carboxylic acids is 1. The molecule has 0 aliphatic heterocycles. The van der Waals surface area contributed by atoms with Crippen LogP contribution in [0.2, 0.25) is 0 Å². The van der Waals surface area contributed by atoms with Crippen molar-refractivity contribution in [1.29, 1.82) is 0 Å². The molecule has 0 aliphatic carbocycles. The van der Waals surface area contributed by atoms with Crippen molar-refractivity contribution in [3.05, 3.63) is 36.0 Å². The van der Waals surface area contributed by atoms with Crippen molar-refractivity contribution in [3.63, 3.8) is 0 Å². The molecule has 1 heterocycles. The molecule has 0 saturated carbocycles. The monoisotopic (exact) mass is 273 g/mol. The minimum absolute atomic E-state index is 0.0437. The number of hydrogen-bond acceptors (Lipinski definition) is 5. The highest BCUT2D eigenvalue weighted by Gasteiger charge is 2.13. The van der Waals surface area contributed by atoms with E-state index in [1.165, 1.54) is 6.20 Å². The van der Waals surface area contributed by atoms with E-state index in [4.69, 9.17) is 9.84 Å². The van der Waals surface area contributed by atoms with E-state index in [1.807, 2.05) is 31.2 Å². The molecule has 0 unspecified atom stereocenters. The van der Waals surface area contributed by atoms with Gasteiger partial charge in [-0.25, -0.2) is 14.8 Å². The highest BCUT2D eigenvalue weighted by atomic mass is 16.5. The minimum Gasteiger partial charge on any atom is -0.494 e. The van der Waals surface area contributed by atoms with E-state index in [9.17, 15) is 4.79 Å². The molecule has 2 rings (SSSR count). The van der Waals surface area contributed by atoms with Crippen molar-refractivity contribution in [2.45, 2.75) is 6.92 Å². The first-order chi connectivity index (χ1) is 9.65. The Morgan fingerprint density at radius 1 is 1.35 bits per heavy atom. The average molecular weight is 273 g/mol. The summed E-state index contributed by atoms with van der Waals surface area (Å²) in [5.74, 6) is 0.457. The number of carbonyl (C=O) groups is 1. The molecule has 0 bridgehead atoms. The Kier molecular flexibility index (Phi) is 4.14. The molecule has 0 fully saturated rings. The van der Waals surface area contributed by atoms with Crippen molar-refractivity contribution in [2.75, 3.05) is 19.0 Å². The molecule has 20 heavy (non-hydrogen) atoms. The van der Waals surface area contributed by atoms with Crippen LogP contribution in [0.3, 0.4) is 0 Å². The Morgan fingerprint density at radius 3 is 2.60 bits per heavy atom. The van der Waals surface area contributed by atoms with Gasteiger partial charge in [-0.1, -0.05) is 0 Å². The van der Waals surface area contributed by atoms with Gasteiger partial charge in [0.15, 0.2) is 5.82 Å². The summed E-state index contributed by atoms with van der Waals surface area (Å²) in [6.45, 7) is 2.52. The number of aromatic nitrogens is 2. The van der Waals surface area contributed by atoms with Crippen LogP contribution in [0, 0.1) is 0 Å². The zero-order valence-electron chi connectivity index (χ0n) is 11.3. The number of carboxylic acid groups (broad SMARTS) is 1. The van der Waals surface area contributed by atoms with Crippen LogP contribution < -0.4 is 10.1 Å². The smallest absolute Gasteiger partial charge is 0.341 e. The summed E-state index contributed by atoms with van der Waals surface area (Å²) in [6.07, 6.45) is 1.30. The Labute approximate surface area is 116 Å². The highest BCUT2D eigenvalue weighted by molar-refractivity contribution is 5.93. The first-order valence-electron chi connectivity index (χ1n) is 6.17. The first-order valence-corrected chi connectivity index (χ1v) is 6.17. The zero-order chi connectivity index (χ0) is 14.5. The van der Waals surface area contributed by atoms with Gasteiger partial charge >= 0.3 is 5.97 Å². The van der Waals surface area contributed by atoms with Crippen LogP contribution in [0.4, 0.5) is 5.82 Å². The molecule has 2 aromatic rings. The summed E-state index contributed by atoms with van der Waals surface area (Å²) in [7, 11) is 1.62. The van der Waals surface area contributed by atoms with Crippen molar-refractivity contribution in [2.24, 2.45) is 0 Å². The molecule has 6 heteroatoms. The maximum Gasteiger partial charge on any atom is 0.341 e. The van der Waals surface area contributed by atoms with E-state index >= 15 is 0 Å². The molecular formula is C14H15N3O3. The summed E-state index contributed by atoms with van der Waals surface area (Å²) in [4.78, 5) is 19.3. The molecular weight excluding hydrogens is 258 g/mol. The van der Waals surface area contributed by atoms with Crippen LogP contribution in [0.25, 0.3) is 11.4 Å². The molecule has 0 aliphatic rings. The van der Waals surface area contributed by atoms with E-state index in [-0.39, 0.29) is 11.4 Å². The second-order valence-electron chi connectivity index (χ2n) is 3.97. The van der Waals surface area contributed by atoms with Crippen LogP contribution in [-0.4, -0.2) is 34.7 Å². The Bertz CT molecular complexity index is 612. The lowest BCUT2D eigenvalue weighted by atomic mass is 10.2. The SMILES string of the molecule is CCOc1ccc(-c2ncc(C(=O)O)c(NC)n2)cc1. The number of carboxylic acids is 1. The maximum absolute atomic E-state index is 11.0. The van der Waals surface area contributed by atoms with E-state index in [0.717, 1.165) is 11.3 Å². The van der Waals surface area contributed by atoms with E-state index < -0.39 is 5.97 Å². The molecule has 0 atom stereocenters. The molecule has 1 aromatic heterocycles. The predicted octanol–water partition coefficient (Wildman–Crippen LogP) is 2.28. The molecule has 0 amide bonds. The number of anilines is 1. The Balaban J connectivity index is 2.35. The summed E-state index contributed by atoms with van der Waals surface area (Å²) in [6, 6.07) is 7.32. The summed E-state index contributed by atoms with van der Waals surface area (Å²) < 4.78 is 5.36. The van der Waals surface area contributed by atoms with Gasteiger partial charge < -0.3 is 15.2 Å². The molecule has 1 aromatic carbocycles. The van der Waals surface area contributed by atoms with Crippen molar-refractivity contribution >= 4 is 11.8 Å². The molecule has 2 N–H and O–H groups in total. The Morgan fingerprint density at radius 2 is 2.05 bits per heavy atom. The molecule has 0 spiro atoms. The second kappa shape index (κ2) is 6.01. The van der Waals surface area contributed by atoms with Crippen LogP contribution in [0.5, 0.6) is 5.75 Å². The number of rotatable bonds is 5. The van der Waals surface area contributed by atoms with Gasteiger partial charge in [0.1, 0.15) is 17.1 Å². The van der Waals surface area contributed by atoms with Gasteiger partial charge in [0.05, 0.1) is 6.61 Å². The number of hydrogen-bond donors (Lipinski definition) is 2. The Hall–Kier alpha value is -2.63. The largest absolute Gasteiger partial charge is 0.494 e. The summed E-state index contributed by atoms with van der Waals surface area (Å²) in [5.41, 5.74) is 0.837. The number of nitrogens with zero attached hydrogens (tertiary/aromatic N) is 2. The van der Waals surface area contributed by atoms with E-state index in [1.54, 1.807) is 7.05 Å². The minimum atomic E-state index is -1.06. The summed E-state index contributed by atoms with van der Waals surface area (Å²) >= 11 is 0. The van der Waals surface area contributed by atoms with Crippen molar-refractivity contribution < 1.29 is 14.6 Å². The second-order valence-corrected chi connectivity index (χ2v) is 3.97. The number of nitrogens with one attached hydrogen (secondary N) is 1. The fourth-order valence-corrected chi connectivity index (χ4v) is 1.73. The maximum atomic E-state index is 11.0. The molecule has 0 saturated heterocycles. The lowest BCUT2D eigenvalue weighted by Gasteiger charge is -2.07. The van der Waals surface area contributed by atoms with Crippen molar-refractivity contribution in [3.8, 4) is 17.1 Å². The molecule has 6 nitrogen and oxygen atoms in total. The molecule has 104 valence electrons. The third-order valence-corrected chi connectivity index (χ3v) is 2.68. The normalized spacial score (nSPS) is 10.1. The van der Waals surface area contributed by atoms with Gasteiger partial charge in [-0.05, 0) is 31.2 Å². The zero-order valence-corrected chi connectivity index (χ0v) is 11.3. The highest BCUT2D eigenvalue weighted by Crippen LogP contribution is 2.21. The lowest BCUT2D eigenvalue weighted by molar-refractivity contribution is 0.0697. The third-order valence-electron chi connectivity index (χ3n) is 2.68. The fraction of sp³-hybridized carbons (Fsp3) is 0.214. The van der Waals surface area contributed by atoms with Crippen LogP contribution in [0.15, 0.2) is 30.5 Å². The number of benzene rings is 1. The topological polar surface area (TPSA) is 84.3 Å². The van der Waals surface area contributed by atoms with Crippen LogP contribution in [-0.2, 0) is 0 Å². The van der Waals surface area contributed by atoms with E-state index in [2.05, 4.69) is 15.3 Å². The van der Waals surface area contributed by atoms with Crippen molar-refractivity contribution in [1.82, 2.24) is 9.97 Å². The standard InChI is InChI=1S/C14H15N3O3/c1-3-20-10-6-4-9(5-7-10)12-16-8-11(14(18)19)13(15-2)17-12/h4-8H,3H2,1-2H3,(H,18,19)(H,15,16,17). The quantitative estimate of drug-likeness (QED) is 0.869. The summed E-state index contributed by atoms with van der Waals surface area (Å²) in [5, 5.41) is 11.8. The third kappa shape index (κ3) is 2.85. The first kappa shape index (κ1) is 13.8. The van der Waals surface area contributed by atoms with Gasteiger partial charge in [-0.15, -0.1) is 0 Å². The predicted molar refractivity (Wildman–Crippen MR) is 75.1 cm³/mol. The van der Waals surface area contributed by atoms with Gasteiger partial charge in [0.2, 0.25) is 0 Å². The van der Waals surface area contributed by atoms with E-state index in [0.29, 0.717) is 12.4 Å². The van der Waals surface area contributed by atoms with Gasteiger partial charge in [-0.3, -0.25) is 0 Å². The van der Waals surface area contributed by atoms with Crippen LogP contribution >= 0.6 is 0 Å². The van der Waals surface area contributed by atoms with Crippen LogP contribution in [0.1, 0.15) is 17.3 Å². The fourth-order valence-electron chi connectivity index (χ4n) is 1.73. The van der Waals surface area contributed by atoms with Gasteiger partial charge in [0.25, 0.3) is 0 Å². The van der Waals surface area contributed by atoms with Gasteiger partial charge in [-0.2, -0.15) is 0 Å². The number of ether oxygens (including phenoxy) is 1. The molecule has 0 radical (unpaired) electrons. The average Bonchev–Trinajstić information content (AvgIpc) is 2.47. The lowest BCUT2D eigenvalue weighted by Crippen LogP contribution is -2.07. The van der Waals surface area contributed by atoms with Gasteiger partial charge in [0, 0.05) is 18.8 Å².